The molecule has 0 aliphatic carbocycles. The average molecular weight is 523 g/mol. The summed E-state index contributed by atoms with van der Waals surface area (Å²) in [6.07, 6.45) is 1.93. The maximum atomic E-state index is 13.8. The van der Waals surface area contributed by atoms with Crippen molar-refractivity contribution in [1.82, 2.24) is 9.47 Å². The van der Waals surface area contributed by atoms with Crippen molar-refractivity contribution in [2.75, 3.05) is 27.3 Å². The van der Waals surface area contributed by atoms with Gasteiger partial charge in [-0.25, -0.2) is 0 Å². The van der Waals surface area contributed by atoms with Crippen LogP contribution in [0.3, 0.4) is 0 Å². The molecule has 0 radical (unpaired) electrons. The van der Waals surface area contributed by atoms with Gasteiger partial charge in [0.05, 0.1) is 26.3 Å². The lowest BCUT2D eigenvalue weighted by molar-refractivity contribution is -0.155. The molecule has 0 N–H and O–H groups in total. The predicted octanol–water partition coefficient (Wildman–Crippen LogP) is 5.65. The summed E-state index contributed by atoms with van der Waals surface area (Å²) in [5.74, 6) is 1.31. The first-order valence-corrected chi connectivity index (χ1v) is 13.6. The van der Waals surface area contributed by atoms with Gasteiger partial charge in [0.1, 0.15) is 11.3 Å². The number of rotatable bonds is 6. The Morgan fingerprint density at radius 2 is 1.81 bits per heavy atom. The summed E-state index contributed by atoms with van der Waals surface area (Å²) in [6, 6.07) is 10.2. The fraction of sp³-hybridized carbons (Fsp3) is 0.448. The molecule has 8 heteroatoms. The van der Waals surface area contributed by atoms with Crippen LogP contribution in [-0.2, 0) is 22.5 Å². The van der Waals surface area contributed by atoms with Crippen LogP contribution in [0.15, 0.2) is 35.7 Å². The second kappa shape index (κ2) is 9.89. The number of thiophene rings is 1. The fourth-order valence-electron chi connectivity index (χ4n) is 5.41. The smallest absolute Gasteiger partial charge is 0.306 e. The Morgan fingerprint density at radius 3 is 2.49 bits per heavy atom. The molecule has 1 aromatic carbocycles. The van der Waals surface area contributed by atoms with Gasteiger partial charge >= 0.3 is 5.97 Å². The number of aromatic nitrogens is 1. The standard InChI is InChI=1S/C29H34N2O5S/c1-29(2,3)36-26(32)13-18-8-10-30(17-18)28(33)22-15-21(25-7-6-12-37-25)27-20-16-24(35-5)23(34-4)14-19(20)9-11-31(22)27/h6-7,12,14-16,18H,8-11,13,17H2,1-5H3/t18-/m0/s1. The largest absolute Gasteiger partial charge is 0.493 e. The zero-order valence-corrected chi connectivity index (χ0v) is 22.9. The second-order valence-electron chi connectivity index (χ2n) is 10.7. The van der Waals surface area contributed by atoms with Crippen LogP contribution in [-0.4, -0.2) is 54.3 Å². The summed E-state index contributed by atoms with van der Waals surface area (Å²) in [6.45, 7) is 7.54. The molecule has 0 saturated carbocycles. The number of nitrogens with zero attached hydrogens (tertiary/aromatic N) is 2. The number of methoxy groups -OCH3 is 2. The summed E-state index contributed by atoms with van der Waals surface area (Å²) >= 11 is 1.66. The maximum absolute atomic E-state index is 13.8. The molecule has 5 rings (SSSR count). The lowest BCUT2D eigenvalue weighted by Crippen LogP contribution is -2.32. The molecule has 0 bridgehead atoms. The van der Waals surface area contributed by atoms with Crippen LogP contribution < -0.4 is 9.47 Å². The Morgan fingerprint density at radius 1 is 1.05 bits per heavy atom. The summed E-state index contributed by atoms with van der Waals surface area (Å²) in [7, 11) is 3.29. The summed E-state index contributed by atoms with van der Waals surface area (Å²) in [4.78, 5) is 29.2. The summed E-state index contributed by atoms with van der Waals surface area (Å²) in [5, 5.41) is 2.06. The molecule has 2 aliphatic rings. The van der Waals surface area contributed by atoms with Gasteiger partial charge in [0.15, 0.2) is 11.5 Å². The van der Waals surface area contributed by atoms with Gasteiger partial charge in [-0.05, 0) is 74.7 Å². The van der Waals surface area contributed by atoms with Gasteiger partial charge in [-0.3, -0.25) is 9.59 Å². The van der Waals surface area contributed by atoms with E-state index in [0.717, 1.165) is 34.5 Å². The van der Waals surface area contributed by atoms with Crippen molar-refractivity contribution in [1.29, 1.82) is 0 Å². The van der Waals surface area contributed by atoms with E-state index in [1.54, 1.807) is 25.6 Å². The van der Waals surface area contributed by atoms with Gasteiger partial charge in [-0.2, -0.15) is 0 Å². The lowest BCUT2D eigenvalue weighted by atomic mass is 9.95. The maximum Gasteiger partial charge on any atom is 0.306 e. The van der Waals surface area contributed by atoms with E-state index in [4.69, 9.17) is 14.2 Å². The van der Waals surface area contributed by atoms with E-state index in [1.165, 1.54) is 5.56 Å². The number of benzene rings is 1. The van der Waals surface area contributed by atoms with Crippen LogP contribution >= 0.6 is 11.3 Å². The predicted molar refractivity (Wildman–Crippen MR) is 144 cm³/mol. The Hall–Kier alpha value is -3.26. The molecule has 1 amide bonds. The highest BCUT2D eigenvalue weighted by molar-refractivity contribution is 7.13. The van der Waals surface area contributed by atoms with Gasteiger partial charge in [0, 0.05) is 35.6 Å². The molecule has 4 heterocycles. The number of fused-ring (bicyclic) bond motifs is 3. The van der Waals surface area contributed by atoms with Crippen molar-refractivity contribution in [2.24, 2.45) is 5.92 Å². The number of carbonyl (C=O) groups excluding carboxylic acids is 2. The van der Waals surface area contributed by atoms with Gasteiger partial charge in [-0.1, -0.05) is 6.07 Å². The molecule has 2 aliphatic heterocycles. The molecule has 196 valence electrons. The van der Waals surface area contributed by atoms with E-state index in [1.807, 2.05) is 49.9 Å². The van der Waals surface area contributed by atoms with E-state index in [0.29, 0.717) is 43.2 Å². The minimum Gasteiger partial charge on any atom is -0.493 e. The number of esters is 1. The highest BCUT2D eigenvalue weighted by atomic mass is 32.1. The van der Waals surface area contributed by atoms with Crippen LogP contribution in [0.1, 0.15) is 49.7 Å². The molecule has 7 nitrogen and oxygen atoms in total. The van der Waals surface area contributed by atoms with Crippen molar-refractivity contribution < 1.29 is 23.8 Å². The highest BCUT2D eigenvalue weighted by Gasteiger charge is 2.34. The first-order chi connectivity index (χ1) is 17.7. The Bertz CT molecular complexity index is 1320. The van der Waals surface area contributed by atoms with Crippen molar-refractivity contribution in [3.63, 3.8) is 0 Å². The average Bonchev–Trinajstić information content (AvgIpc) is 3.61. The summed E-state index contributed by atoms with van der Waals surface area (Å²) in [5.41, 5.74) is 4.52. The van der Waals surface area contributed by atoms with Crippen LogP contribution in [0.2, 0.25) is 0 Å². The van der Waals surface area contributed by atoms with Crippen molar-refractivity contribution in [3.8, 4) is 33.2 Å². The van der Waals surface area contributed by atoms with Crippen LogP contribution in [0, 0.1) is 5.92 Å². The van der Waals surface area contributed by atoms with Crippen LogP contribution in [0.25, 0.3) is 21.7 Å². The number of hydrogen-bond acceptors (Lipinski definition) is 6. The highest BCUT2D eigenvalue weighted by Crippen LogP contribution is 2.45. The van der Waals surface area contributed by atoms with Gasteiger partial charge < -0.3 is 23.7 Å². The van der Waals surface area contributed by atoms with Crippen molar-refractivity contribution in [3.05, 3.63) is 47.0 Å². The zero-order valence-electron chi connectivity index (χ0n) is 22.1. The summed E-state index contributed by atoms with van der Waals surface area (Å²) < 4.78 is 18.8. The molecular weight excluding hydrogens is 488 g/mol. The molecule has 3 aromatic rings. The monoisotopic (exact) mass is 522 g/mol. The quantitative estimate of drug-likeness (QED) is 0.391. The van der Waals surface area contributed by atoms with Crippen LogP contribution in [0.5, 0.6) is 11.5 Å². The van der Waals surface area contributed by atoms with E-state index >= 15 is 0 Å². The van der Waals surface area contributed by atoms with Gasteiger partial charge in [0.2, 0.25) is 0 Å². The normalized spacial score (nSPS) is 16.8. The molecule has 0 unspecified atom stereocenters. The molecule has 1 saturated heterocycles. The van der Waals surface area contributed by atoms with Crippen molar-refractivity contribution >= 4 is 23.2 Å². The number of ether oxygens (including phenoxy) is 3. The number of aryl methyl sites for hydroxylation is 1. The number of hydrogen-bond donors (Lipinski definition) is 0. The third-order valence-electron chi connectivity index (χ3n) is 7.02. The van der Waals surface area contributed by atoms with E-state index in [9.17, 15) is 9.59 Å². The Labute approximate surface area is 221 Å². The molecule has 1 fully saturated rings. The fourth-order valence-corrected chi connectivity index (χ4v) is 6.16. The van der Waals surface area contributed by atoms with Crippen LogP contribution in [0.4, 0.5) is 0 Å². The Balaban J connectivity index is 1.47. The zero-order chi connectivity index (χ0) is 26.3. The van der Waals surface area contributed by atoms with Gasteiger partial charge in [-0.15, -0.1) is 11.3 Å². The lowest BCUT2D eigenvalue weighted by Gasteiger charge is -2.25. The third-order valence-corrected chi connectivity index (χ3v) is 7.92. The molecule has 1 atom stereocenters. The number of amides is 1. The van der Waals surface area contributed by atoms with E-state index < -0.39 is 5.60 Å². The topological polar surface area (TPSA) is 70.0 Å². The SMILES string of the molecule is COc1cc2c(cc1OC)-c1c(-c3cccs3)cc(C(=O)N3CC[C@@H](CC(=O)OC(C)(C)C)C3)n1CC2. The van der Waals surface area contributed by atoms with Crippen molar-refractivity contribution in [2.45, 2.75) is 52.2 Å². The first kappa shape index (κ1) is 25.4. The first-order valence-electron chi connectivity index (χ1n) is 12.7. The second-order valence-corrected chi connectivity index (χ2v) is 11.7. The van der Waals surface area contributed by atoms with Gasteiger partial charge in [0.25, 0.3) is 5.91 Å². The Kier molecular flexibility index (Phi) is 6.79. The molecule has 37 heavy (non-hydrogen) atoms. The number of likely N-dealkylation sites (tertiary alicyclic amines) is 1. The molecule has 2 aromatic heterocycles. The minimum absolute atomic E-state index is 0.0136. The molecular formula is C29H34N2O5S. The number of carbonyl (C=O) groups is 2. The third kappa shape index (κ3) is 4.99. The van der Waals surface area contributed by atoms with E-state index in [-0.39, 0.29) is 17.8 Å². The molecule has 0 spiro atoms. The van der Waals surface area contributed by atoms with E-state index in [2.05, 4.69) is 16.0 Å². The minimum atomic E-state index is -0.503.